The lowest BCUT2D eigenvalue weighted by Gasteiger charge is -2.15. The maximum absolute atomic E-state index is 13.1. The molecule has 2 heterocycles. The molecule has 0 fully saturated rings. The maximum Gasteiger partial charge on any atom is 0.276 e. The number of pyridine rings is 1. The number of benzene rings is 1. The Hall–Kier alpha value is -3.40. The van der Waals surface area contributed by atoms with Gasteiger partial charge in [-0.25, -0.2) is 18.4 Å². The number of hydrogen-bond acceptors (Lipinski definition) is 6. The van der Waals surface area contributed by atoms with Crippen LogP contribution in [0.3, 0.4) is 0 Å². The van der Waals surface area contributed by atoms with E-state index in [9.17, 15) is 13.2 Å². The van der Waals surface area contributed by atoms with Crippen molar-refractivity contribution in [1.82, 2.24) is 14.5 Å². The lowest BCUT2D eigenvalue weighted by molar-refractivity contribution is 0.102. The third-order valence-electron chi connectivity index (χ3n) is 4.72. The normalized spacial score (nSPS) is 11.2. The molecule has 0 aliphatic carbocycles. The molecule has 0 radical (unpaired) electrons. The molecule has 9 nitrogen and oxygen atoms in total. The molecule has 1 aromatic carbocycles. The van der Waals surface area contributed by atoms with Gasteiger partial charge in [0.2, 0.25) is 5.88 Å². The van der Waals surface area contributed by atoms with Crippen molar-refractivity contribution in [2.75, 3.05) is 17.1 Å². The van der Waals surface area contributed by atoms with Crippen molar-refractivity contribution in [1.29, 1.82) is 0 Å². The highest BCUT2D eigenvalue weighted by atomic mass is 32.2. The Morgan fingerprint density at radius 1 is 1.13 bits per heavy atom. The molecule has 0 saturated heterocycles. The third-order valence-corrected chi connectivity index (χ3v) is 6.07. The molecule has 0 unspecified atom stereocenters. The van der Waals surface area contributed by atoms with Gasteiger partial charge in [0.15, 0.2) is 4.90 Å². The van der Waals surface area contributed by atoms with Crippen LogP contribution in [0.1, 0.15) is 27.3 Å². The second-order valence-corrected chi connectivity index (χ2v) is 8.50. The van der Waals surface area contributed by atoms with Crippen LogP contribution in [0.15, 0.2) is 41.7 Å². The fourth-order valence-corrected chi connectivity index (χ4v) is 4.26. The molecule has 30 heavy (non-hydrogen) atoms. The Morgan fingerprint density at radius 3 is 2.37 bits per heavy atom. The highest BCUT2D eigenvalue weighted by molar-refractivity contribution is 7.92. The van der Waals surface area contributed by atoms with Gasteiger partial charge >= 0.3 is 0 Å². The van der Waals surface area contributed by atoms with E-state index in [0.717, 1.165) is 11.1 Å². The topological polar surface area (TPSA) is 115 Å². The number of methoxy groups -OCH3 is 1. The predicted molar refractivity (Wildman–Crippen MR) is 113 cm³/mol. The predicted octanol–water partition coefficient (Wildman–Crippen LogP) is 2.80. The fraction of sp³-hybridized carbons (Fsp3) is 0.250. The van der Waals surface area contributed by atoms with Gasteiger partial charge in [-0.15, -0.1) is 0 Å². The molecular weight excluding hydrogens is 406 g/mol. The number of para-hydroxylation sites is 1. The quantitative estimate of drug-likeness (QED) is 0.623. The van der Waals surface area contributed by atoms with Crippen LogP contribution in [-0.2, 0) is 17.1 Å². The van der Waals surface area contributed by atoms with Crippen molar-refractivity contribution in [2.45, 2.75) is 25.7 Å². The second kappa shape index (κ2) is 8.15. The van der Waals surface area contributed by atoms with Gasteiger partial charge < -0.3 is 14.6 Å². The van der Waals surface area contributed by atoms with Crippen LogP contribution in [0.25, 0.3) is 0 Å². The highest BCUT2D eigenvalue weighted by Gasteiger charge is 2.24. The zero-order valence-electron chi connectivity index (χ0n) is 17.3. The zero-order chi connectivity index (χ0) is 22.1. The van der Waals surface area contributed by atoms with Crippen molar-refractivity contribution < 1.29 is 17.9 Å². The van der Waals surface area contributed by atoms with Gasteiger partial charge in [-0.1, -0.05) is 18.2 Å². The molecule has 3 rings (SSSR count). The van der Waals surface area contributed by atoms with E-state index in [0.29, 0.717) is 11.4 Å². The van der Waals surface area contributed by atoms with E-state index in [2.05, 4.69) is 20.0 Å². The Kier molecular flexibility index (Phi) is 5.79. The van der Waals surface area contributed by atoms with Crippen LogP contribution < -0.4 is 14.8 Å². The van der Waals surface area contributed by atoms with Crippen molar-refractivity contribution in [3.63, 3.8) is 0 Å². The fourth-order valence-electron chi connectivity index (χ4n) is 2.92. The minimum Gasteiger partial charge on any atom is -0.480 e. The number of aryl methyl sites for hydroxylation is 3. The summed E-state index contributed by atoms with van der Waals surface area (Å²) in [6, 6.07) is 6.77. The number of imidazole rings is 1. The molecule has 0 saturated carbocycles. The first-order valence-electron chi connectivity index (χ1n) is 9.06. The first kappa shape index (κ1) is 21.3. The van der Waals surface area contributed by atoms with E-state index in [4.69, 9.17) is 4.74 Å². The SMILES string of the molecule is COc1ncc(NC(=O)c2ncn(C)c2C)cc1S(=O)(=O)Nc1c(C)cccc1C. The van der Waals surface area contributed by atoms with Crippen LogP contribution in [0, 0.1) is 20.8 Å². The van der Waals surface area contributed by atoms with Crippen LogP contribution in [0.4, 0.5) is 11.4 Å². The number of amides is 1. The third kappa shape index (κ3) is 4.13. The van der Waals surface area contributed by atoms with Gasteiger partial charge in [-0.05, 0) is 38.0 Å². The molecule has 0 aliphatic rings. The first-order chi connectivity index (χ1) is 14.1. The van der Waals surface area contributed by atoms with Gasteiger partial charge in [-0.3, -0.25) is 9.52 Å². The molecular formula is C20H23N5O4S. The number of nitrogens with one attached hydrogen (secondary N) is 2. The average Bonchev–Trinajstić information content (AvgIpc) is 3.03. The van der Waals surface area contributed by atoms with Gasteiger partial charge in [0.05, 0.1) is 31.0 Å². The zero-order valence-corrected chi connectivity index (χ0v) is 18.2. The summed E-state index contributed by atoms with van der Waals surface area (Å²) in [5.41, 5.74) is 3.16. The van der Waals surface area contributed by atoms with Gasteiger partial charge in [0.1, 0.15) is 5.69 Å². The molecule has 158 valence electrons. The van der Waals surface area contributed by atoms with Crippen molar-refractivity contribution in [3.8, 4) is 5.88 Å². The number of carbonyl (C=O) groups is 1. The highest BCUT2D eigenvalue weighted by Crippen LogP contribution is 2.29. The van der Waals surface area contributed by atoms with E-state index in [1.807, 2.05) is 32.0 Å². The smallest absolute Gasteiger partial charge is 0.276 e. The van der Waals surface area contributed by atoms with Gasteiger partial charge in [-0.2, -0.15) is 0 Å². The largest absolute Gasteiger partial charge is 0.480 e. The molecule has 10 heteroatoms. The lowest BCUT2D eigenvalue weighted by atomic mass is 10.1. The van der Waals surface area contributed by atoms with Crippen LogP contribution in [-0.4, -0.2) is 36.0 Å². The molecule has 2 N–H and O–H groups in total. The summed E-state index contributed by atoms with van der Waals surface area (Å²) in [6.45, 7) is 5.39. The summed E-state index contributed by atoms with van der Waals surface area (Å²) in [4.78, 5) is 20.5. The summed E-state index contributed by atoms with van der Waals surface area (Å²) < 4.78 is 35.6. The number of nitrogens with zero attached hydrogens (tertiary/aromatic N) is 3. The van der Waals surface area contributed by atoms with E-state index < -0.39 is 15.9 Å². The number of hydrogen-bond donors (Lipinski definition) is 2. The molecule has 0 aliphatic heterocycles. The summed E-state index contributed by atoms with van der Waals surface area (Å²) in [5, 5.41) is 2.64. The van der Waals surface area contributed by atoms with E-state index in [1.54, 1.807) is 18.5 Å². The van der Waals surface area contributed by atoms with Crippen molar-refractivity contribution in [3.05, 3.63) is 59.3 Å². The monoisotopic (exact) mass is 429 g/mol. The lowest BCUT2D eigenvalue weighted by Crippen LogP contribution is -2.18. The minimum absolute atomic E-state index is 0.0826. The Bertz CT molecular complexity index is 1200. The van der Waals surface area contributed by atoms with Crippen LogP contribution in [0.2, 0.25) is 0 Å². The molecule has 0 spiro atoms. The van der Waals surface area contributed by atoms with Gasteiger partial charge in [0.25, 0.3) is 15.9 Å². The van der Waals surface area contributed by atoms with Crippen LogP contribution >= 0.6 is 0 Å². The second-order valence-electron chi connectivity index (χ2n) is 6.85. The standard InChI is InChI=1S/C20H23N5O4S/c1-12-7-6-8-13(2)17(12)24-30(27,28)16-9-15(10-21-20(16)29-5)23-19(26)18-14(3)25(4)11-22-18/h6-11,24H,1-5H3,(H,23,26). The molecule has 1 amide bonds. The van der Waals surface area contributed by atoms with E-state index in [1.165, 1.54) is 25.7 Å². The summed E-state index contributed by atoms with van der Waals surface area (Å²) in [7, 11) is -0.932. The van der Waals surface area contributed by atoms with Crippen molar-refractivity contribution in [2.24, 2.45) is 7.05 Å². The minimum atomic E-state index is -4.04. The summed E-state index contributed by atoms with van der Waals surface area (Å²) in [5.74, 6) is -0.549. The maximum atomic E-state index is 13.1. The van der Waals surface area contributed by atoms with Gasteiger partial charge in [0, 0.05) is 12.7 Å². The number of sulfonamides is 1. The first-order valence-corrected chi connectivity index (χ1v) is 10.5. The molecule has 0 atom stereocenters. The Morgan fingerprint density at radius 2 is 1.80 bits per heavy atom. The molecule has 0 bridgehead atoms. The number of ether oxygens (including phenoxy) is 1. The summed E-state index contributed by atoms with van der Waals surface area (Å²) >= 11 is 0. The Balaban J connectivity index is 1.96. The van der Waals surface area contributed by atoms with Crippen LogP contribution in [0.5, 0.6) is 5.88 Å². The number of rotatable bonds is 6. The van der Waals surface area contributed by atoms with Crippen molar-refractivity contribution >= 4 is 27.3 Å². The van der Waals surface area contributed by atoms with E-state index in [-0.39, 0.29) is 22.2 Å². The van der Waals surface area contributed by atoms with E-state index >= 15 is 0 Å². The summed E-state index contributed by atoms with van der Waals surface area (Å²) in [6.07, 6.45) is 2.86. The Labute approximate surface area is 175 Å². The molecule has 2 aromatic heterocycles. The number of anilines is 2. The number of aromatic nitrogens is 3. The average molecular weight is 430 g/mol. The molecule has 3 aromatic rings. The number of carbonyl (C=O) groups excluding carboxylic acids is 1.